The molecule has 2 aromatic carbocycles. The standard InChI is InChI=1S/C25H33N3O3/c1-18(2)25(31)28-11-3-4-19-16-20(5-10-23(19)28)24(30)17-26-12-14-27(15-13-26)21-6-8-22(29)9-7-21/h5-10,16,18,24,29-30H,3-4,11-15,17H2,1-2H3/t24-/m1/s1. The Morgan fingerprint density at radius 1 is 1.00 bits per heavy atom. The number of aliphatic hydroxyl groups is 1. The molecule has 4 rings (SSSR count). The summed E-state index contributed by atoms with van der Waals surface area (Å²) in [6.45, 7) is 8.83. The second kappa shape index (κ2) is 9.28. The van der Waals surface area contributed by atoms with Crippen LogP contribution in [0.15, 0.2) is 42.5 Å². The first kappa shape index (κ1) is 21.7. The molecule has 31 heavy (non-hydrogen) atoms. The Morgan fingerprint density at radius 3 is 2.39 bits per heavy atom. The molecule has 0 saturated carbocycles. The third-order valence-electron chi connectivity index (χ3n) is 6.39. The molecule has 0 aliphatic carbocycles. The third kappa shape index (κ3) is 4.86. The molecule has 0 unspecified atom stereocenters. The van der Waals surface area contributed by atoms with Crippen LogP contribution in [0.2, 0.25) is 0 Å². The lowest BCUT2D eigenvalue weighted by atomic mass is 9.96. The van der Waals surface area contributed by atoms with Crippen LogP contribution in [0.25, 0.3) is 0 Å². The van der Waals surface area contributed by atoms with Crippen molar-refractivity contribution >= 4 is 17.3 Å². The number of hydrogen-bond acceptors (Lipinski definition) is 5. The van der Waals surface area contributed by atoms with Crippen molar-refractivity contribution in [3.8, 4) is 5.75 Å². The quantitative estimate of drug-likeness (QED) is 0.773. The second-order valence-corrected chi connectivity index (χ2v) is 8.96. The van der Waals surface area contributed by atoms with E-state index in [0.717, 1.165) is 68.1 Å². The van der Waals surface area contributed by atoms with Gasteiger partial charge in [-0.3, -0.25) is 9.69 Å². The number of anilines is 2. The molecular formula is C25H33N3O3. The Hall–Kier alpha value is -2.57. The second-order valence-electron chi connectivity index (χ2n) is 8.96. The first-order valence-corrected chi connectivity index (χ1v) is 11.3. The van der Waals surface area contributed by atoms with E-state index in [4.69, 9.17) is 0 Å². The summed E-state index contributed by atoms with van der Waals surface area (Å²) >= 11 is 0. The van der Waals surface area contributed by atoms with Crippen molar-refractivity contribution < 1.29 is 15.0 Å². The van der Waals surface area contributed by atoms with Gasteiger partial charge in [0.15, 0.2) is 0 Å². The molecule has 2 aliphatic heterocycles. The van der Waals surface area contributed by atoms with E-state index in [1.54, 1.807) is 12.1 Å². The van der Waals surface area contributed by atoms with E-state index in [2.05, 4.69) is 15.9 Å². The van der Waals surface area contributed by atoms with Gasteiger partial charge in [0, 0.05) is 56.6 Å². The molecule has 1 fully saturated rings. The van der Waals surface area contributed by atoms with Crippen LogP contribution in [-0.2, 0) is 11.2 Å². The third-order valence-corrected chi connectivity index (χ3v) is 6.39. The van der Waals surface area contributed by atoms with Gasteiger partial charge in [0.1, 0.15) is 5.75 Å². The maximum Gasteiger partial charge on any atom is 0.229 e. The zero-order chi connectivity index (χ0) is 22.0. The Bertz CT molecular complexity index is 905. The molecular weight excluding hydrogens is 390 g/mol. The summed E-state index contributed by atoms with van der Waals surface area (Å²) in [4.78, 5) is 19.1. The normalized spacial score (nSPS) is 18.2. The van der Waals surface area contributed by atoms with E-state index in [1.807, 2.05) is 43.0 Å². The number of fused-ring (bicyclic) bond motifs is 1. The topological polar surface area (TPSA) is 67.3 Å². The summed E-state index contributed by atoms with van der Waals surface area (Å²) in [5.41, 5.74) is 4.21. The number of aryl methyl sites for hydroxylation is 1. The van der Waals surface area contributed by atoms with Crippen LogP contribution in [0.4, 0.5) is 11.4 Å². The fourth-order valence-electron chi connectivity index (χ4n) is 4.57. The van der Waals surface area contributed by atoms with Gasteiger partial charge >= 0.3 is 0 Å². The number of aliphatic hydroxyl groups excluding tert-OH is 1. The lowest BCUT2D eigenvalue weighted by Crippen LogP contribution is -2.47. The van der Waals surface area contributed by atoms with Crippen LogP contribution in [0, 0.1) is 5.92 Å². The SMILES string of the molecule is CC(C)C(=O)N1CCCc2cc([C@H](O)CN3CCN(c4ccc(O)cc4)CC3)ccc21. The summed E-state index contributed by atoms with van der Waals surface area (Å²) in [5, 5.41) is 20.4. The van der Waals surface area contributed by atoms with Crippen molar-refractivity contribution in [1.82, 2.24) is 4.90 Å². The lowest BCUT2D eigenvalue weighted by molar-refractivity contribution is -0.121. The van der Waals surface area contributed by atoms with Crippen LogP contribution in [0.3, 0.4) is 0 Å². The molecule has 2 N–H and O–H groups in total. The number of carbonyl (C=O) groups excluding carboxylic acids is 1. The minimum absolute atomic E-state index is 0.0172. The number of hydrogen-bond donors (Lipinski definition) is 2. The molecule has 1 atom stereocenters. The fourth-order valence-corrected chi connectivity index (χ4v) is 4.57. The van der Waals surface area contributed by atoms with Crippen molar-refractivity contribution in [3.63, 3.8) is 0 Å². The summed E-state index contributed by atoms with van der Waals surface area (Å²) in [6.07, 6.45) is 1.37. The van der Waals surface area contributed by atoms with Gasteiger partial charge in [-0.2, -0.15) is 0 Å². The van der Waals surface area contributed by atoms with Crippen LogP contribution >= 0.6 is 0 Å². The number of piperazine rings is 1. The van der Waals surface area contributed by atoms with Crippen molar-refractivity contribution in [3.05, 3.63) is 53.6 Å². The highest BCUT2D eigenvalue weighted by atomic mass is 16.3. The average molecular weight is 424 g/mol. The minimum atomic E-state index is -0.540. The molecule has 2 heterocycles. The number of carbonyl (C=O) groups is 1. The van der Waals surface area contributed by atoms with Crippen LogP contribution in [-0.4, -0.2) is 60.3 Å². The molecule has 2 aromatic rings. The van der Waals surface area contributed by atoms with Crippen molar-refractivity contribution in [2.75, 3.05) is 49.1 Å². The highest BCUT2D eigenvalue weighted by molar-refractivity contribution is 5.95. The van der Waals surface area contributed by atoms with Crippen molar-refractivity contribution in [2.45, 2.75) is 32.8 Å². The zero-order valence-corrected chi connectivity index (χ0v) is 18.5. The van der Waals surface area contributed by atoms with E-state index in [9.17, 15) is 15.0 Å². The van der Waals surface area contributed by atoms with Gasteiger partial charge in [-0.05, 0) is 54.3 Å². The fraction of sp³-hybridized carbons (Fsp3) is 0.480. The molecule has 0 aromatic heterocycles. The van der Waals surface area contributed by atoms with Crippen molar-refractivity contribution in [1.29, 1.82) is 0 Å². The number of nitrogens with zero attached hydrogens (tertiary/aromatic N) is 3. The van der Waals surface area contributed by atoms with E-state index >= 15 is 0 Å². The number of rotatable bonds is 5. The number of aromatic hydroxyl groups is 1. The summed E-state index contributed by atoms with van der Waals surface area (Å²) in [7, 11) is 0. The summed E-state index contributed by atoms with van der Waals surface area (Å²) < 4.78 is 0. The number of β-amino-alcohol motifs (C(OH)–C–C–N with tert-alkyl or cyclic N) is 1. The van der Waals surface area contributed by atoms with Gasteiger partial charge in [-0.1, -0.05) is 26.0 Å². The molecule has 166 valence electrons. The summed E-state index contributed by atoms with van der Waals surface area (Å²) in [5.74, 6) is 0.435. The Labute approximate surface area is 184 Å². The predicted molar refractivity (Wildman–Crippen MR) is 124 cm³/mol. The predicted octanol–water partition coefficient (Wildman–Crippen LogP) is 3.18. The molecule has 0 radical (unpaired) electrons. The Morgan fingerprint density at radius 2 is 1.71 bits per heavy atom. The van der Waals surface area contributed by atoms with Gasteiger partial charge in [-0.15, -0.1) is 0 Å². The van der Waals surface area contributed by atoms with E-state index in [0.29, 0.717) is 6.54 Å². The lowest BCUT2D eigenvalue weighted by Gasteiger charge is -2.37. The van der Waals surface area contributed by atoms with Crippen LogP contribution < -0.4 is 9.80 Å². The molecule has 1 saturated heterocycles. The Kier molecular flexibility index (Phi) is 6.49. The monoisotopic (exact) mass is 423 g/mol. The van der Waals surface area contributed by atoms with Gasteiger partial charge in [0.05, 0.1) is 6.10 Å². The number of phenolic OH excluding ortho intramolecular Hbond substituents is 1. The molecule has 0 spiro atoms. The van der Waals surface area contributed by atoms with Crippen molar-refractivity contribution in [2.24, 2.45) is 5.92 Å². The summed E-state index contributed by atoms with van der Waals surface area (Å²) in [6, 6.07) is 13.4. The zero-order valence-electron chi connectivity index (χ0n) is 18.5. The largest absolute Gasteiger partial charge is 0.508 e. The van der Waals surface area contributed by atoms with Crippen LogP contribution in [0.5, 0.6) is 5.75 Å². The van der Waals surface area contributed by atoms with Crippen LogP contribution in [0.1, 0.15) is 37.5 Å². The molecule has 2 aliphatic rings. The number of benzene rings is 2. The van der Waals surface area contributed by atoms with E-state index < -0.39 is 6.10 Å². The average Bonchev–Trinajstić information content (AvgIpc) is 2.78. The Balaban J connectivity index is 1.37. The highest BCUT2D eigenvalue weighted by Crippen LogP contribution is 2.31. The first-order chi connectivity index (χ1) is 14.9. The molecule has 1 amide bonds. The maximum absolute atomic E-state index is 12.5. The van der Waals surface area contributed by atoms with Gasteiger partial charge in [0.2, 0.25) is 5.91 Å². The first-order valence-electron chi connectivity index (χ1n) is 11.3. The minimum Gasteiger partial charge on any atom is -0.508 e. The smallest absolute Gasteiger partial charge is 0.229 e. The number of phenols is 1. The molecule has 6 nitrogen and oxygen atoms in total. The van der Waals surface area contributed by atoms with E-state index in [-0.39, 0.29) is 17.6 Å². The van der Waals surface area contributed by atoms with E-state index in [1.165, 1.54) is 0 Å². The van der Waals surface area contributed by atoms with Gasteiger partial charge in [-0.25, -0.2) is 0 Å². The maximum atomic E-state index is 12.5. The van der Waals surface area contributed by atoms with Gasteiger partial charge < -0.3 is 20.0 Å². The molecule has 6 heteroatoms. The highest BCUT2D eigenvalue weighted by Gasteiger charge is 2.26. The number of amides is 1. The molecule has 0 bridgehead atoms. The van der Waals surface area contributed by atoms with Gasteiger partial charge in [0.25, 0.3) is 0 Å².